The minimum absolute atomic E-state index is 0.0690. The highest BCUT2D eigenvalue weighted by Gasteiger charge is 2.43. The number of halogens is 1. The fourth-order valence-electron chi connectivity index (χ4n) is 3.50. The lowest BCUT2D eigenvalue weighted by Gasteiger charge is -2.37. The van der Waals surface area contributed by atoms with Crippen molar-refractivity contribution in [3.63, 3.8) is 0 Å². The van der Waals surface area contributed by atoms with Crippen LogP contribution >= 0.6 is 0 Å². The monoisotopic (exact) mass is 364 g/mol. The second-order valence-corrected chi connectivity index (χ2v) is 7.13. The summed E-state index contributed by atoms with van der Waals surface area (Å²) in [5.41, 5.74) is 1.01. The molecule has 0 unspecified atom stereocenters. The third-order valence-corrected chi connectivity index (χ3v) is 5.02. The summed E-state index contributed by atoms with van der Waals surface area (Å²) in [4.78, 5) is 18.4. The van der Waals surface area contributed by atoms with Gasteiger partial charge in [0.25, 0.3) is 0 Å². The van der Waals surface area contributed by atoms with E-state index in [0.29, 0.717) is 38.9 Å². The number of nitrogens with zero attached hydrogens (tertiary/aromatic N) is 1. The maximum absolute atomic E-state index is 13.1. The number of carbonyl (C=O) groups is 1. The first kappa shape index (κ1) is 18.8. The third-order valence-electron chi connectivity index (χ3n) is 5.02. The number of aliphatic hydroxyl groups is 1. The SMILES string of the molecule is C[C@H](O)CNC(=O)C1(C[C@H]2CC(c3ccc(F)cc3)=NO2)CCOCC1. The highest BCUT2D eigenvalue weighted by molar-refractivity contribution is 6.01. The van der Waals surface area contributed by atoms with Crippen LogP contribution in [0.5, 0.6) is 0 Å². The summed E-state index contributed by atoms with van der Waals surface area (Å²) in [6.07, 6.45) is 1.56. The first-order valence-electron chi connectivity index (χ1n) is 9.01. The van der Waals surface area contributed by atoms with E-state index >= 15 is 0 Å². The Kier molecular flexibility index (Phi) is 5.88. The highest BCUT2D eigenvalue weighted by Crippen LogP contribution is 2.38. The lowest BCUT2D eigenvalue weighted by molar-refractivity contribution is -0.140. The Morgan fingerprint density at radius 2 is 2.08 bits per heavy atom. The summed E-state index contributed by atoms with van der Waals surface area (Å²) in [6.45, 7) is 2.92. The number of hydrogen-bond acceptors (Lipinski definition) is 5. The van der Waals surface area contributed by atoms with Gasteiger partial charge in [-0.25, -0.2) is 4.39 Å². The lowest BCUT2D eigenvalue weighted by Crippen LogP contribution is -2.48. The van der Waals surface area contributed by atoms with Gasteiger partial charge in [-0.1, -0.05) is 17.3 Å². The van der Waals surface area contributed by atoms with Crippen molar-refractivity contribution in [1.82, 2.24) is 5.32 Å². The van der Waals surface area contributed by atoms with Crippen molar-refractivity contribution in [3.8, 4) is 0 Å². The molecular weight excluding hydrogens is 339 g/mol. The number of hydrogen-bond donors (Lipinski definition) is 2. The molecule has 1 aromatic carbocycles. The van der Waals surface area contributed by atoms with Gasteiger partial charge in [0.1, 0.15) is 11.9 Å². The average molecular weight is 364 g/mol. The number of rotatable bonds is 6. The Morgan fingerprint density at radius 3 is 2.73 bits per heavy atom. The van der Waals surface area contributed by atoms with E-state index in [9.17, 15) is 14.3 Å². The molecule has 0 spiro atoms. The molecule has 0 bridgehead atoms. The van der Waals surface area contributed by atoms with E-state index in [2.05, 4.69) is 10.5 Å². The van der Waals surface area contributed by atoms with Crippen molar-refractivity contribution < 1.29 is 23.9 Å². The summed E-state index contributed by atoms with van der Waals surface area (Å²) >= 11 is 0. The van der Waals surface area contributed by atoms with Crippen molar-refractivity contribution in [1.29, 1.82) is 0 Å². The largest absolute Gasteiger partial charge is 0.392 e. The predicted molar refractivity (Wildman–Crippen MR) is 94.2 cm³/mol. The molecule has 2 heterocycles. The zero-order valence-electron chi connectivity index (χ0n) is 14.9. The molecule has 26 heavy (non-hydrogen) atoms. The molecule has 1 saturated heterocycles. The zero-order chi connectivity index (χ0) is 18.6. The van der Waals surface area contributed by atoms with E-state index in [0.717, 1.165) is 11.3 Å². The van der Waals surface area contributed by atoms with E-state index in [1.54, 1.807) is 19.1 Å². The van der Waals surface area contributed by atoms with E-state index in [4.69, 9.17) is 9.57 Å². The Hall–Kier alpha value is -1.99. The summed E-state index contributed by atoms with van der Waals surface area (Å²) in [7, 11) is 0. The van der Waals surface area contributed by atoms with E-state index in [1.165, 1.54) is 12.1 Å². The first-order valence-corrected chi connectivity index (χ1v) is 9.01. The van der Waals surface area contributed by atoms with Crippen molar-refractivity contribution >= 4 is 11.6 Å². The molecule has 3 rings (SSSR count). The number of ether oxygens (including phenoxy) is 1. The van der Waals surface area contributed by atoms with Gasteiger partial charge in [-0.3, -0.25) is 4.79 Å². The fourth-order valence-corrected chi connectivity index (χ4v) is 3.50. The van der Waals surface area contributed by atoms with Gasteiger partial charge < -0.3 is 20.0 Å². The maximum atomic E-state index is 13.1. The van der Waals surface area contributed by atoms with Gasteiger partial charge in [-0.05, 0) is 37.5 Å². The quantitative estimate of drug-likeness (QED) is 0.809. The smallest absolute Gasteiger partial charge is 0.226 e. The van der Waals surface area contributed by atoms with Crippen molar-refractivity contribution in [2.75, 3.05) is 19.8 Å². The second-order valence-electron chi connectivity index (χ2n) is 7.13. The molecule has 7 heteroatoms. The van der Waals surface area contributed by atoms with Gasteiger partial charge >= 0.3 is 0 Å². The van der Waals surface area contributed by atoms with Crippen LogP contribution in [0.1, 0.15) is 38.2 Å². The summed E-state index contributed by atoms with van der Waals surface area (Å²) in [6, 6.07) is 6.15. The molecule has 2 atom stereocenters. The normalized spacial score (nSPS) is 23.0. The number of aliphatic hydroxyl groups excluding tert-OH is 1. The summed E-state index contributed by atoms with van der Waals surface area (Å²) in [5, 5.41) is 16.4. The molecule has 6 nitrogen and oxygen atoms in total. The van der Waals surface area contributed by atoms with Crippen LogP contribution in [-0.2, 0) is 14.4 Å². The Labute approximate surface area is 152 Å². The van der Waals surface area contributed by atoms with Crippen LogP contribution in [0, 0.1) is 11.2 Å². The van der Waals surface area contributed by atoms with Crippen molar-refractivity contribution in [3.05, 3.63) is 35.6 Å². The van der Waals surface area contributed by atoms with Gasteiger partial charge in [-0.15, -0.1) is 0 Å². The molecule has 142 valence electrons. The van der Waals surface area contributed by atoms with Gasteiger partial charge in [0.2, 0.25) is 5.91 Å². The summed E-state index contributed by atoms with van der Waals surface area (Å²) < 4.78 is 18.5. The first-order chi connectivity index (χ1) is 12.5. The van der Waals surface area contributed by atoms with Gasteiger partial charge in [0.05, 0.1) is 17.2 Å². The maximum Gasteiger partial charge on any atom is 0.226 e. The molecule has 0 radical (unpaired) electrons. The highest BCUT2D eigenvalue weighted by atomic mass is 19.1. The topological polar surface area (TPSA) is 80.2 Å². The Bertz CT molecular complexity index is 654. The number of carbonyl (C=O) groups excluding carboxylic acids is 1. The predicted octanol–water partition coefficient (Wildman–Crippen LogP) is 2.00. The van der Waals surface area contributed by atoms with E-state index in [-0.39, 0.29) is 24.4 Å². The third kappa shape index (κ3) is 4.40. The Balaban J connectivity index is 1.65. The van der Waals surface area contributed by atoms with Crippen LogP contribution in [0.3, 0.4) is 0 Å². The lowest BCUT2D eigenvalue weighted by atomic mass is 9.74. The van der Waals surface area contributed by atoms with Gasteiger partial charge in [0.15, 0.2) is 0 Å². The number of benzene rings is 1. The molecule has 2 N–H and O–H groups in total. The van der Waals surface area contributed by atoms with Crippen molar-refractivity contribution in [2.24, 2.45) is 10.6 Å². The second kappa shape index (κ2) is 8.14. The minimum atomic E-state index is -0.591. The molecule has 1 amide bonds. The van der Waals surface area contributed by atoms with Crippen LogP contribution in [0.15, 0.2) is 29.4 Å². The van der Waals surface area contributed by atoms with Crippen molar-refractivity contribution in [2.45, 2.75) is 44.8 Å². The average Bonchev–Trinajstić information content (AvgIpc) is 3.09. The van der Waals surface area contributed by atoms with Crippen LogP contribution < -0.4 is 5.32 Å². The van der Waals surface area contributed by atoms with E-state index < -0.39 is 11.5 Å². The Morgan fingerprint density at radius 1 is 1.38 bits per heavy atom. The zero-order valence-corrected chi connectivity index (χ0v) is 14.9. The van der Waals surface area contributed by atoms with E-state index in [1.807, 2.05) is 0 Å². The number of amides is 1. The van der Waals surface area contributed by atoms with Gasteiger partial charge in [0, 0.05) is 32.6 Å². The molecule has 0 saturated carbocycles. The molecule has 2 aliphatic heterocycles. The molecule has 1 aromatic rings. The minimum Gasteiger partial charge on any atom is -0.392 e. The van der Waals surface area contributed by atoms with Crippen LogP contribution in [-0.4, -0.2) is 48.7 Å². The standard InChI is InChI=1S/C19H25FN2O4/c1-13(23)12-21-18(24)19(6-8-25-9-7-19)11-16-10-17(22-26-16)14-2-4-15(20)5-3-14/h2-5,13,16,23H,6-12H2,1H3,(H,21,24)/t13-,16+/m0/s1. The van der Waals surface area contributed by atoms with Gasteiger partial charge in [-0.2, -0.15) is 0 Å². The molecular formula is C19H25FN2O4. The number of oxime groups is 1. The fraction of sp³-hybridized carbons (Fsp3) is 0.579. The van der Waals surface area contributed by atoms with Crippen LogP contribution in [0.2, 0.25) is 0 Å². The van der Waals surface area contributed by atoms with Crippen LogP contribution in [0.25, 0.3) is 0 Å². The summed E-state index contributed by atoms with van der Waals surface area (Å²) in [5.74, 6) is -0.360. The molecule has 2 aliphatic rings. The number of nitrogens with one attached hydrogen (secondary N) is 1. The van der Waals surface area contributed by atoms with Crippen LogP contribution in [0.4, 0.5) is 4.39 Å². The molecule has 0 aliphatic carbocycles. The molecule has 0 aromatic heterocycles. The molecule has 1 fully saturated rings.